The van der Waals surface area contributed by atoms with E-state index < -0.39 is 0 Å². The third kappa shape index (κ3) is 9.82. The van der Waals surface area contributed by atoms with E-state index in [4.69, 9.17) is 9.47 Å². The summed E-state index contributed by atoms with van der Waals surface area (Å²) in [7, 11) is 0. The molecule has 0 aromatic carbocycles. The van der Waals surface area contributed by atoms with Crippen molar-refractivity contribution in [3.63, 3.8) is 0 Å². The summed E-state index contributed by atoms with van der Waals surface area (Å²) in [6, 6.07) is 0. The number of carbonyl (C=O) groups excluding carboxylic acids is 2. The molecule has 4 nitrogen and oxygen atoms in total. The van der Waals surface area contributed by atoms with E-state index in [1.165, 1.54) is 0 Å². The fourth-order valence-corrected chi connectivity index (χ4v) is 1.61. The molecule has 0 saturated carbocycles. The summed E-state index contributed by atoms with van der Waals surface area (Å²) >= 11 is 0. The van der Waals surface area contributed by atoms with Gasteiger partial charge in [0.25, 0.3) is 0 Å². The van der Waals surface area contributed by atoms with Gasteiger partial charge in [-0.25, -0.2) is 0 Å². The molecular weight excluding hydrogens is 256 g/mol. The normalized spacial score (nSPS) is 13.9. The first kappa shape index (κ1) is 18.9. The molecule has 118 valence electrons. The van der Waals surface area contributed by atoms with E-state index in [0.717, 1.165) is 19.3 Å². The fraction of sp³-hybridized carbons (Fsp3) is 0.875. The van der Waals surface area contributed by atoms with E-state index >= 15 is 0 Å². The summed E-state index contributed by atoms with van der Waals surface area (Å²) in [5.74, 6) is -0.153. The second-order valence-electron chi connectivity index (χ2n) is 5.74. The van der Waals surface area contributed by atoms with Crippen LogP contribution in [0.4, 0.5) is 0 Å². The number of rotatable bonds is 10. The third-order valence-electron chi connectivity index (χ3n) is 3.31. The Bertz CT molecular complexity index is 286. The maximum Gasteiger partial charge on any atom is 0.306 e. The van der Waals surface area contributed by atoms with E-state index in [-0.39, 0.29) is 37.0 Å². The van der Waals surface area contributed by atoms with Gasteiger partial charge in [0.2, 0.25) is 0 Å². The standard InChI is InChI=1S/C16H30O4/c1-6-7-9-13(4)19-15(17)10-8-11-16(18)20-14(5)12(2)3/h12-14H,6-11H2,1-5H3. The van der Waals surface area contributed by atoms with Crippen LogP contribution in [-0.2, 0) is 19.1 Å². The largest absolute Gasteiger partial charge is 0.463 e. The van der Waals surface area contributed by atoms with Gasteiger partial charge in [0.1, 0.15) is 6.10 Å². The van der Waals surface area contributed by atoms with E-state index in [0.29, 0.717) is 12.3 Å². The quantitative estimate of drug-likeness (QED) is 0.572. The van der Waals surface area contributed by atoms with Crippen LogP contribution in [-0.4, -0.2) is 24.1 Å². The van der Waals surface area contributed by atoms with Gasteiger partial charge < -0.3 is 9.47 Å². The monoisotopic (exact) mass is 286 g/mol. The van der Waals surface area contributed by atoms with Gasteiger partial charge in [-0.15, -0.1) is 0 Å². The van der Waals surface area contributed by atoms with Crippen molar-refractivity contribution in [3.8, 4) is 0 Å². The van der Waals surface area contributed by atoms with Crippen LogP contribution >= 0.6 is 0 Å². The second-order valence-corrected chi connectivity index (χ2v) is 5.74. The molecule has 2 atom stereocenters. The van der Waals surface area contributed by atoms with Crippen molar-refractivity contribution in [2.45, 2.75) is 85.4 Å². The predicted molar refractivity (Wildman–Crippen MR) is 79.3 cm³/mol. The average molecular weight is 286 g/mol. The molecule has 0 rings (SSSR count). The molecule has 2 unspecified atom stereocenters. The Hall–Kier alpha value is -1.06. The average Bonchev–Trinajstić information content (AvgIpc) is 2.35. The summed E-state index contributed by atoms with van der Waals surface area (Å²) in [5.41, 5.74) is 0. The minimum atomic E-state index is -0.238. The molecule has 0 aromatic rings. The van der Waals surface area contributed by atoms with Gasteiger partial charge in [-0.05, 0) is 32.6 Å². The first-order valence-electron chi connectivity index (χ1n) is 7.75. The van der Waals surface area contributed by atoms with Crippen LogP contribution in [0, 0.1) is 5.92 Å². The molecule has 0 heterocycles. The highest BCUT2D eigenvalue weighted by molar-refractivity contribution is 5.72. The SMILES string of the molecule is CCCCC(C)OC(=O)CCCC(=O)OC(C)C(C)C. The van der Waals surface area contributed by atoms with Crippen molar-refractivity contribution in [1.29, 1.82) is 0 Å². The summed E-state index contributed by atoms with van der Waals surface area (Å²) < 4.78 is 10.5. The molecule has 0 saturated heterocycles. The van der Waals surface area contributed by atoms with Crippen molar-refractivity contribution in [2.75, 3.05) is 0 Å². The van der Waals surface area contributed by atoms with Gasteiger partial charge in [-0.1, -0.05) is 33.6 Å². The topological polar surface area (TPSA) is 52.6 Å². The van der Waals surface area contributed by atoms with E-state index in [1.54, 1.807) is 0 Å². The van der Waals surface area contributed by atoms with Gasteiger partial charge >= 0.3 is 11.9 Å². The van der Waals surface area contributed by atoms with Crippen LogP contribution in [0.2, 0.25) is 0 Å². The van der Waals surface area contributed by atoms with Crippen LogP contribution in [0.15, 0.2) is 0 Å². The van der Waals surface area contributed by atoms with Gasteiger partial charge in [-0.3, -0.25) is 9.59 Å². The number of hydrogen-bond donors (Lipinski definition) is 0. The third-order valence-corrected chi connectivity index (χ3v) is 3.31. The molecule has 0 aliphatic heterocycles. The summed E-state index contributed by atoms with van der Waals surface area (Å²) in [5, 5.41) is 0. The Balaban J connectivity index is 3.72. The fourth-order valence-electron chi connectivity index (χ4n) is 1.61. The number of hydrogen-bond acceptors (Lipinski definition) is 4. The van der Waals surface area contributed by atoms with Crippen molar-refractivity contribution in [2.24, 2.45) is 5.92 Å². The van der Waals surface area contributed by atoms with Gasteiger partial charge in [-0.2, -0.15) is 0 Å². The molecule has 0 amide bonds. The number of esters is 2. The Morgan fingerprint density at radius 2 is 1.45 bits per heavy atom. The van der Waals surface area contributed by atoms with Crippen molar-refractivity contribution >= 4 is 11.9 Å². The lowest BCUT2D eigenvalue weighted by Gasteiger charge is -2.16. The van der Waals surface area contributed by atoms with E-state index in [2.05, 4.69) is 6.92 Å². The van der Waals surface area contributed by atoms with Crippen molar-refractivity contribution in [1.82, 2.24) is 0 Å². The number of unbranched alkanes of at least 4 members (excludes halogenated alkanes) is 1. The van der Waals surface area contributed by atoms with Gasteiger partial charge in [0.15, 0.2) is 0 Å². The first-order chi connectivity index (χ1) is 9.36. The first-order valence-corrected chi connectivity index (χ1v) is 7.75. The molecule has 0 bridgehead atoms. The molecule has 0 aliphatic carbocycles. The zero-order valence-corrected chi connectivity index (χ0v) is 13.6. The van der Waals surface area contributed by atoms with E-state index in [1.807, 2.05) is 27.7 Å². The number of ether oxygens (including phenoxy) is 2. The molecule has 20 heavy (non-hydrogen) atoms. The van der Waals surface area contributed by atoms with Crippen LogP contribution in [0.25, 0.3) is 0 Å². The zero-order valence-electron chi connectivity index (χ0n) is 13.6. The molecule has 0 radical (unpaired) electrons. The molecule has 4 heteroatoms. The van der Waals surface area contributed by atoms with Crippen LogP contribution in [0.3, 0.4) is 0 Å². The smallest absolute Gasteiger partial charge is 0.306 e. The van der Waals surface area contributed by atoms with Crippen molar-refractivity contribution < 1.29 is 19.1 Å². The van der Waals surface area contributed by atoms with Gasteiger partial charge in [0, 0.05) is 12.8 Å². The Kier molecular flexibility index (Phi) is 10.1. The maximum atomic E-state index is 11.6. The van der Waals surface area contributed by atoms with Gasteiger partial charge in [0.05, 0.1) is 6.10 Å². The lowest BCUT2D eigenvalue weighted by Crippen LogP contribution is -2.20. The lowest BCUT2D eigenvalue weighted by molar-refractivity contribution is -0.151. The molecule has 0 spiro atoms. The zero-order chi connectivity index (χ0) is 15.5. The minimum absolute atomic E-state index is 0.0321. The Labute approximate surface area is 123 Å². The summed E-state index contributed by atoms with van der Waals surface area (Å²) in [6.07, 6.45) is 3.99. The van der Waals surface area contributed by atoms with E-state index in [9.17, 15) is 9.59 Å². The summed E-state index contributed by atoms with van der Waals surface area (Å²) in [4.78, 5) is 23.1. The van der Waals surface area contributed by atoms with Crippen LogP contribution in [0.5, 0.6) is 0 Å². The molecule has 0 fully saturated rings. The highest BCUT2D eigenvalue weighted by Gasteiger charge is 2.14. The predicted octanol–water partition coefficient (Wildman–Crippen LogP) is 3.87. The molecule has 0 aromatic heterocycles. The molecule has 0 aliphatic rings. The number of carbonyl (C=O) groups is 2. The highest BCUT2D eigenvalue weighted by atomic mass is 16.5. The Morgan fingerprint density at radius 1 is 0.900 bits per heavy atom. The highest BCUT2D eigenvalue weighted by Crippen LogP contribution is 2.10. The van der Waals surface area contributed by atoms with Crippen LogP contribution < -0.4 is 0 Å². The van der Waals surface area contributed by atoms with Crippen molar-refractivity contribution in [3.05, 3.63) is 0 Å². The summed E-state index contributed by atoms with van der Waals surface area (Å²) in [6.45, 7) is 9.91. The lowest BCUT2D eigenvalue weighted by atomic mass is 10.1. The second kappa shape index (κ2) is 10.7. The molecular formula is C16H30O4. The van der Waals surface area contributed by atoms with Crippen LogP contribution in [0.1, 0.15) is 73.1 Å². The maximum absolute atomic E-state index is 11.6. The Morgan fingerprint density at radius 3 is 1.95 bits per heavy atom. The minimum Gasteiger partial charge on any atom is -0.463 e. The molecule has 0 N–H and O–H groups in total.